The third-order valence-electron chi connectivity index (χ3n) is 3.38. The van der Waals surface area contributed by atoms with Crippen molar-refractivity contribution in [1.82, 2.24) is 14.9 Å². The molecule has 0 aliphatic rings. The minimum absolute atomic E-state index is 0.444. The van der Waals surface area contributed by atoms with Crippen LogP contribution in [0.4, 0.5) is 0 Å². The Labute approximate surface area is 121 Å². The maximum Gasteiger partial charge on any atom is 0.325 e. The quantitative estimate of drug-likeness (QED) is 0.752. The number of pyridine rings is 1. The molecule has 106 valence electrons. The molecule has 5 heteroatoms. The smallest absolute Gasteiger partial charge is 0.325 e. The zero-order chi connectivity index (χ0) is 14.7. The summed E-state index contributed by atoms with van der Waals surface area (Å²) in [6, 6.07) is 14.2. The topological polar surface area (TPSA) is 66.6 Å². The third kappa shape index (κ3) is 2.78. The van der Waals surface area contributed by atoms with Gasteiger partial charge in [-0.05, 0) is 17.7 Å². The summed E-state index contributed by atoms with van der Waals surface area (Å²) in [5.41, 5.74) is 2.68. The molecule has 0 spiro atoms. The fraction of sp³-hybridized carbons (Fsp3) is 0.125. The minimum Gasteiger partial charge on any atom is -0.480 e. The van der Waals surface area contributed by atoms with Gasteiger partial charge in [-0.25, -0.2) is 4.52 Å². The predicted octanol–water partition coefficient (Wildman–Crippen LogP) is 2.25. The van der Waals surface area contributed by atoms with Crippen LogP contribution in [0, 0.1) is 0 Å². The van der Waals surface area contributed by atoms with Crippen LogP contribution >= 0.6 is 0 Å². The largest absolute Gasteiger partial charge is 0.480 e. The number of benzene rings is 1. The van der Waals surface area contributed by atoms with Crippen molar-refractivity contribution in [3.8, 4) is 0 Å². The van der Waals surface area contributed by atoms with E-state index in [-0.39, 0.29) is 0 Å². The number of nitrogens with zero attached hydrogens (tertiary/aromatic N) is 2. The van der Waals surface area contributed by atoms with Crippen molar-refractivity contribution in [3.05, 3.63) is 72.1 Å². The Hall–Kier alpha value is -2.66. The SMILES string of the molecule is O=C(O)C(NCc1cnn2ccccc12)c1ccccc1. The molecule has 5 nitrogen and oxygen atoms in total. The molecule has 3 rings (SSSR count). The zero-order valence-electron chi connectivity index (χ0n) is 11.3. The highest BCUT2D eigenvalue weighted by molar-refractivity contribution is 5.75. The lowest BCUT2D eigenvalue weighted by molar-refractivity contribution is -0.139. The molecule has 1 atom stereocenters. The van der Waals surface area contributed by atoms with Crippen molar-refractivity contribution in [2.45, 2.75) is 12.6 Å². The number of aromatic nitrogens is 2. The molecule has 0 saturated heterocycles. The number of carbonyl (C=O) groups is 1. The first-order chi connectivity index (χ1) is 10.3. The number of carboxylic acid groups (broad SMARTS) is 1. The molecule has 0 bridgehead atoms. The van der Waals surface area contributed by atoms with Crippen LogP contribution in [0.5, 0.6) is 0 Å². The lowest BCUT2D eigenvalue weighted by atomic mass is 10.1. The number of carboxylic acids is 1. The van der Waals surface area contributed by atoms with E-state index in [9.17, 15) is 9.90 Å². The zero-order valence-corrected chi connectivity index (χ0v) is 11.3. The fourth-order valence-corrected chi connectivity index (χ4v) is 2.33. The number of hydrogen-bond acceptors (Lipinski definition) is 3. The molecular formula is C16H15N3O2. The predicted molar refractivity (Wildman–Crippen MR) is 78.9 cm³/mol. The van der Waals surface area contributed by atoms with Crippen LogP contribution in [0.25, 0.3) is 5.52 Å². The van der Waals surface area contributed by atoms with Crippen molar-refractivity contribution in [3.63, 3.8) is 0 Å². The van der Waals surface area contributed by atoms with Gasteiger partial charge in [0.25, 0.3) is 0 Å². The first-order valence-electron chi connectivity index (χ1n) is 6.68. The van der Waals surface area contributed by atoms with E-state index in [1.807, 2.05) is 54.7 Å². The highest BCUT2D eigenvalue weighted by atomic mass is 16.4. The summed E-state index contributed by atoms with van der Waals surface area (Å²) < 4.78 is 1.77. The fourth-order valence-electron chi connectivity index (χ4n) is 2.33. The second-order valence-corrected chi connectivity index (χ2v) is 4.76. The normalized spacial score (nSPS) is 12.4. The molecule has 0 fully saturated rings. The van der Waals surface area contributed by atoms with E-state index in [4.69, 9.17) is 0 Å². The molecule has 0 radical (unpaired) electrons. The maximum atomic E-state index is 11.4. The lowest BCUT2D eigenvalue weighted by Gasteiger charge is -2.14. The van der Waals surface area contributed by atoms with Crippen molar-refractivity contribution >= 4 is 11.5 Å². The van der Waals surface area contributed by atoms with Crippen molar-refractivity contribution in [2.75, 3.05) is 0 Å². The summed E-state index contributed by atoms with van der Waals surface area (Å²) in [6.45, 7) is 0.444. The number of fused-ring (bicyclic) bond motifs is 1. The highest BCUT2D eigenvalue weighted by Crippen LogP contribution is 2.15. The van der Waals surface area contributed by atoms with Gasteiger partial charge in [-0.15, -0.1) is 0 Å². The van der Waals surface area contributed by atoms with Gasteiger partial charge >= 0.3 is 5.97 Å². The van der Waals surface area contributed by atoms with E-state index in [0.717, 1.165) is 16.6 Å². The number of hydrogen-bond donors (Lipinski definition) is 2. The van der Waals surface area contributed by atoms with Crippen molar-refractivity contribution in [2.24, 2.45) is 0 Å². The van der Waals surface area contributed by atoms with Crippen LogP contribution in [-0.4, -0.2) is 20.7 Å². The van der Waals surface area contributed by atoms with Gasteiger partial charge in [-0.3, -0.25) is 10.1 Å². The lowest BCUT2D eigenvalue weighted by Crippen LogP contribution is -2.28. The van der Waals surface area contributed by atoms with Crippen LogP contribution in [0.15, 0.2) is 60.9 Å². The molecular weight excluding hydrogens is 266 g/mol. The molecule has 1 aromatic carbocycles. The van der Waals surface area contributed by atoms with Gasteiger partial charge in [0.05, 0.1) is 11.7 Å². The molecule has 2 N–H and O–H groups in total. The summed E-state index contributed by atoms with van der Waals surface area (Å²) in [6.07, 6.45) is 3.62. The van der Waals surface area contributed by atoms with Crippen LogP contribution in [-0.2, 0) is 11.3 Å². The van der Waals surface area contributed by atoms with Gasteiger partial charge in [-0.2, -0.15) is 5.10 Å². The molecule has 3 aromatic rings. The Kier molecular flexibility index (Phi) is 3.66. The van der Waals surface area contributed by atoms with Gasteiger partial charge in [0.2, 0.25) is 0 Å². The molecule has 21 heavy (non-hydrogen) atoms. The maximum absolute atomic E-state index is 11.4. The van der Waals surface area contributed by atoms with Crippen LogP contribution < -0.4 is 5.32 Å². The summed E-state index contributed by atoms with van der Waals surface area (Å²) in [5, 5.41) is 16.7. The van der Waals surface area contributed by atoms with E-state index in [1.165, 1.54) is 0 Å². The van der Waals surface area contributed by atoms with Gasteiger partial charge < -0.3 is 5.11 Å². The second-order valence-electron chi connectivity index (χ2n) is 4.76. The van der Waals surface area contributed by atoms with E-state index in [2.05, 4.69) is 10.4 Å². The van der Waals surface area contributed by atoms with E-state index in [1.54, 1.807) is 10.7 Å². The Bertz CT molecular complexity index is 752. The van der Waals surface area contributed by atoms with Crippen LogP contribution in [0.1, 0.15) is 17.2 Å². The average molecular weight is 281 g/mol. The van der Waals surface area contributed by atoms with Crippen LogP contribution in [0.2, 0.25) is 0 Å². The van der Waals surface area contributed by atoms with Gasteiger partial charge in [0.1, 0.15) is 6.04 Å². The Morgan fingerprint density at radius 3 is 2.71 bits per heavy atom. The first-order valence-corrected chi connectivity index (χ1v) is 6.68. The van der Waals surface area contributed by atoms with Gasteiger partial charge in [0, 0.05) is 18.3 Å². The summed E-state index contributed by atoms with van der Waals surface area (Å²) >= 11 is 0. The first kappa shape index (κ1) is 13.3. The summed E-state index contributed by atoms with van der Waals surface area (Å²) in [5.74, 6) is -0.891. The minimum atomic E-state index is -0.891. The highest BCUT2D eigenvalue weighted by Gasteiger charge is 2.19. The Morgan fingerprint density at radius 2 is 1.95 bits per heavy atom. The average Bonchev–Trinajstić information content (AvgIpc) is 2.92. The van der Waals surface area contributed by atoms with Crippen molar-refractivity contribution in [1.29, 1.82) is 0 Å². The number of rotatable bonds is 5. The molecule has 1 unspecified atom stereocenters. The Balaban J connectivity index is 1.80. The second kappa shape index (κ2) is 5.76. The van der Waals surface area contributed by atoms with Crippen molar-refractivity contribution < 1.29 is 9.90 Å². The van der Waals surface area contributed by atoms with Gasteiger partial charge in [0.15, 0.2) is 0 Å². The summed E-state index contributed by atoms with van der Waals surface area (Å²) in [7, 11) is 0. The molecule has 2 aromatic heterocycles. The molecule has 0 aliphatic heterocycles. The molecule has 2 heterocycles. The molecule has 0 aliphatic carbocycles. The summed E-state index contributed by atoms with van der Waals surface area (Å²) in [4.78, 5) is 11.4. The van der Waals surface area contributed by atoms with E-state index in [0.29, 0.717) is 6.54 Å². The Morgan fingerprint density at radius 1 is 1.19 bits per heavy atom. The van der Waals surface area contributed by atoms with Gasteiger partial charge in [-0.1, -0.05) is 36.4 Å². The molecule has 0 amide bonds. The van der Waals surface area contributed by atoms with E-state index >= 15 is 0 Å². The third-order valence-corrected chi connectivity index (χ3v) is 3.38. The van der Waals surface area contributed by atoms with Crippen LogP contribution in [0.3, 0.4) is 0 Å². The number of aliphatic carboxylic acids is 1. The molecule has 0 saturated carbocycles. The monoisotopic (exact) mass is 281 g/mol. The number of nitrogens with one attached hydrogen (secondary N) is 1. The van der Waals surface area contributed by atoms with E-state index < -0.39 is 12.0 Å². The standard InChI is InChI=1S/C16H15N3O2/c20-16(21)15(12-6-2-1-3-7-12)17-10-13-11-18-19-9-5-4-8-14(13)19/h1-9,11,15,17H,10H2,(H,20,21).